The van der Waals surface area contributed by atoms with Gasteiger partial charge < -0.3 is 25.8 Å². The van der Waals surface area contributed by atoms with Crippen LogP contribution in [-0.2, 0) is 11.3 Å². The van der Waals surface area contributed by atoms with Crippen molar-refractivity contribution in [3.05, 3.63) is 66.8 Å². The van der Waals surface area contributed by atoms with Crippen LogP contribution in [0.4, 0.5) is 26.0 Å². The van der Waals surface area contributed by atoms with E-state index in [0.717, 1.165) is 37.3 Å². The summed E-state index contributed by atoms with van der Waals surface area (Å²) in [6, 6.07) is 9.57. The number of aliphatic hydroxyl groups is 1. The standard InChI is InChI=1S/C29H33F2N7O3/c30-23-6-3-8-25(28(23)31)37-27(40)16-38-15-20(14-35-38)36-29-22-10-9-21(13-26(22)33-18-34-29)41-12-4-11-32-24-7-2-1-5-19(24)17-39/h3,6,8-10,13-15,18-19,24,32,39H,1-2,4-5,7,11-12,16-17H2,(H,37,40)(H,33,34,36)/t19-,24+/m1/s1. The Morgan fingerprint density at radius 1 is 1.15 bits per heavy atom. The summed E-state index contributed by atoms with van der Waals surface area (Å²) in [4.78, 5) is 21.0. The molecule has 1 saturated carbocycles. The molecule has 41 heavy (non-hydrogen) atoms. The van der Waals surface area contributed by atoms with Gasteiger partial charge in [0.1, 0.15) is 24.4 Å². The summed E-state index contributed by atoms with van der Waals surface area (Å²) >= 11 is 0. The van der Waals surface area contributed by atoms with Crippen LogP contribution in [0.25, 0.3) is 10.9 Å². The van der Waals surface area contributed by atoms with Crippen molar-refractivity contribution in [2.45, 2.75) is 44.7 Å². The van der Waals surface area contributed by atoms with Crippen molar-refractivity contribution < 1.29 is 23.4 Å². The molecular weight excluding hydrogens is 532 g/mol. The number of carbonyl (C=O) groups is 1. The highest BCUT2D eigenvalue weighted by Gasteiger charge is 2.23. The SMILES string of the molecule is O=C(Cn1cc(Nc2ncnc3cc(OCCCN[C@H]4CCCC[C@@H]4CO)ccc23)cn1)Nc1cccc(F)c1F. The molecule has 1 fully saturated rings. The zero-order valence-corrected chi connectivity index (χ0v) is 22.5. The van der Waals surface area contributed by atoms with Crippen molar-refractivity contribution in [2.24, 2.45) is 5.92 Å². The summed E-state index contributed by atoms with van der Waals surface area (Å²) in [5.41, 5.74) is 1.06. The van der Waals surface area contributed by atoms with E-state index in [1.54, 1.807) is 6.20 Å². The fourth-order valence-electron chi connectivity index (χ4n) is 5.06. The minimum atomic E-state index is -1.11. The molecule has 2 heterocycles. The van der Waals surface area contributed by atoms with Gasteiger partial charge in [0.25, 0.3) is 0 Å². The fraction of sp³-hybridized carbons (Fsp3) is 0.379. The van der Waals surface area contributed by atoms with Crippen molar-refractivity contribution in [1.82, 2.24) is 25.1 Å². The lowest BCUT2D eigenvalue weighted by molar-refractivity contribution is -0.116. The minimum Gasteiger partial charge on any atom is -0.493 e. The van der Waals surface area contributed by atoms with Crippen LogP contribution in [0.5, 0.6) is 5.75 Å². The number of nitrogens with zero attached hydrogens (tertiary/aromatic N) is 4. The number of hydrogen-bond donors (Lipinski definition) is 4. The van der Waals surface area contributed by atoms with Gasteiger partial charge in [-0.3, -0.25) is 9.48 Å². The Bertz CT molecular complexity index is 1480. The van der Waals surface area contributed by atoms with Gasteiger partial charge in [-0.05, 0) is 56.0 Å². The maximum atomic E-state index is 13.8. The molecule has 0 spiro atoms. The summed E-state index contributed by atoms with van der Waals surface area (Å²) in [5.74, 6) is -1.09. The van der Waals surface area contributed by atoms with Crippen LogP contribution >= 0.6 is 0 Å². The van der Waals surface area contributed by atoms with Crippen LogP contribution < -0.4 is 20.7 Å². The van der Waals surface area contributed by atoms with Crippen LogP contribution in [0.1, 0.15) is 32.1 Å². The largest absolute Gasteiger partial charge is 0.493 e. The second-order valence-corrected chi connectivity index (χ2v) is 10.1. The molecule has 1 amide bonds. The second-order valence-electron chi connectivity index (χ2n) is 10.1. The summed E-state index contributed by atoms with van der Waals surface area (Å²) in [7, 11) is 0. The van der Waals surface area contributed by atoms with Crippen LogP contribution in [0, 0.1) is 17.6 Å². The van der Waals surface area contributed by atoms with Gasteiger partial charge in [-0.2, -0.15) is 5.10 Å². The average Bonchev–Trinajstić information content (AvgIpc) is 3.41. The molecule has 2 aromatic heterocycles. The second kappa shape index (κ2) is 13.5. The third-order valence-electron chi connectivity index (χ3n) is 7.18. The van der Waals surface area contributed by atoms with Crippen molar-refractivity contribution >= 4 is 34.0 Å². The Morgan fingerprint density at radius 3 is 2.90 bits per heavy atom. The monoisotopic (exact) mass is 565 g/mol. The number of hydrogen-bond acceptors (Lipinski definition) is 8. The van der Waals surface area contributed by atoms with E-state index in [2.05, 4.69) is 31.0 Å². The number of carbonyl (C=O) groups excluding carboxylic acids is 1. The number of aromatic nitrogens is 4. The Labute approximate surface area is 236 Å². The van der Waals surface area contributed by atoms with Crippen molar-refractivity contribution in [1.29, 1.82) is 0 Å². The van der Waals surface area contributed by atoms with E-state index >= 15 is 0 Å². The van der Waals surface area contributed by atoms with Gasteiger partial charge in [0.2, 0.25) is 5.91 Å². The lowest BCUT2D eigenvalue weighted by Crippen LogP contribution is -2.40. The topological polar surface area (TPSA) is 126 Å². The molecule has 0 bridgehead atoms. The van der Waals surface area contributed by atoms with Gasteiger partial charge in [0.15, 0.2) is 11.6 Å². The molecule has 10 nitrogen and oxygen atoms in total. The Balaban J connectivity index is 1.13. The normalized spacial score (nSPS) is 17.0. The molecule has 12 heteroatoms. The first-order valence-electron chi connectivity index (χ1n) is 13.8. The number of benzene rings is 2. The number of nitrogens with one attached hydrogen (secondary N) is 3. The Hall–Kier alpha value is -4.16. The molecule has 1 aliphatic rings. The number of amides is 1. The van der Waals surface area contributed by atoms with Crippen LogP contribution in [0.2, 0.25) is 0 Å². The first-order chi connectivity index (χ1) is 20.0. The first-order valence-corrected chi connectivity index (χ1v) is 13.8. The highest BCUT2D eigenvalue weighted by molar-refractivity contribution is 5.92. The molecule has 1 aliphatic carbocycles. The van der Waals surface area contributed by atoms with Gasteiger partial charge in [-0.25, -0.2) is 18.7 Å². The zero-order chi connectivity index (χ0) is 28.6. The third kappa shape index (κ3) is 7.33. The molecule has 0 saturated heterocycles. The molecule has 216 valence electrons. The molecule has 2 aromatic carbocycles. The predicted molar refractivity (Wildman–Crippen MR) is 151 cm³/mol. The maximum absolute atomic E-state index is 13.8. The molecule has 0 aliphatic heterocycles. The highest BCUT2D eigenvalue weighted by atomic mass is 19.2. The lowest BCUT2D eigenvalue weighted by atomic mass is 9.85. The number of aliphatic hydroxyl groups excluding tert-OH is 1. The Morgan fingerprint density at radius 2 is 2.02 bits per heavy atom. The number of ether oxygens (including phenoxy) is 1. The van der Waals surface area contributed by atoms with Gasteiger partial charge >= 0.3 is 0 Å². The van der Waals surface area contributed by atoms with Crippen LogP contribution in [-0.4, -0.2) is 56.6 Å². The molecule has 4 N–H and O–H groups in total. The van der Waals surface area contributed by atoms with E-state index in [1.807, 2.05) is 18.2 Å². The zero-order valence-electron chi connectivity index (χ0n) is 22.5. The molecule has 2 atom stereocenters. The summed E-state index contributed by atoms with van der Waals surface area (Å²) in [6.45, 7) is 1.44. The molecule has 0 unspecified atom stereocenters. The summed E-state index contributed by atoms with van der Waals surface area (Å²) < 4.78 is 34.5. The van der Waals surface area contributed by atoms with E-state index < -0.39 is 17.5 Å². The first kappa shape index (κ1) is 28.4. The Kier molecular flexibility index (Phi) is 9.32. The predicted octanol–water partition coefficient (Wildman–Crippen LogP) is 4.40. The summed E-state index contributed by atoms with van der Waals surface area (Å²) in [5, 5.41) is 23.6. The molecule has 0 radical (unpaired) electrons. The number of halogens is 2. The highest BCUT2D eigenvalue weighted by Crippen LogP contribution is 2.27. The van der Waals surface area contributed by atoms with Crippen molar-refractivity contribution in [3.63, 3.8) is 0 Å². The van der Waals surface area contributed by atoms with Gasteiger partial charge in [0, 0.05) is 30.3 Å². The van der Waals surface area contributed by atoms with Gasteiger partial charge in [-0.1, -0.05) is 18.9 Å². The number of rotatable bonds is 12. The molecule has 4 aromatic rings. The maximum Gasteiger partial charge on any atom is 0.246 e. The molecule has 5 rings (SSSR count). The minimum absolute atomic E-state index is 0.193. The average molecular weight is 566 g/mol. The van der Waals surface area contributed by atoms with Crippen LogP contribution in [0.3, 0.4) is 0 Å². The fourth-order valence-corrected chi connectivity index (χ4v) is 5.06. The smallest absolute Gasteiger partial charge is 0.246 e. The number of anilines is 3. The van der Waals surface area contributed by atoms with E-state index in [0.29, 0.717) is 41.3 Å². The van der Waals surface area contributed by atoms with E-state index in [9.17, 15) is 18.7 Å². The molecular formula is C29H33F2N7O3. The summed E-state index contributed by atoms with van der Waals surface area (Å²) in [6.07, 6.45) is 10.0. The quantitative estimate of drug-likeness (QED) is 0.186. The lowest BCUT2D eigenvalue weighted by Gasteiger charge is -2.31. The van der Waals surface area contributed by atoms with E-state index in [-0.39, 0.29) is 18.8 Å². The van der Waals surface area contributed by atoms with Gasteiger partial charge in [-0.15, -0.1) is 0 Å². The van der Waals surface area contributed by atoms with Crippen molar-refractivity contribution in [3.8, 4) is 5.75 Å². The van der Waals surface area contributed by atoms with E-state index in [1.165, 1.54) is 42.2 Å². The third-order valence-corrected chi connectivity index (χ3v) is 7.18. The number of fused-ring (bicyclic) bond motifs is 1. The van der Waals surface area contributed by atoms with Crippen LogP contribution in [0.15, 0.2) is 55.1 Å². The van der Waals surface area contributed by atoms with E-state index in [4.69, 9.17) is 4.74 Å². The van der Waals surface area contributed by atoms with Gasteiger partial charge in [0.05, 0.1) is 29.7 Å². The van der Waals surface area contributed by atoms with Crippen molar-refractivity contribution in [2.75, 3.05) is 30.4 Å².